The van der Waals surface area contributed by atoms with E-state index in [2.05, 4.69) is 23.9 Å². The highest BCUT2D eigenvalue weighted by atomic mass is 16.1. The first-order valence-corrected chi connectivity index (χ1v) is 6.17. The lowest BCUT2D eigenvalue weighted by molar-refractivity contribution is 0.0983. The molecule has 0 bridgehead atoms. The molecule has 0 aromatic carbocycles. The van der Waals surface area contributed by atoms with Crippen LogP contribution >= 0.6 is 0 Å². The van der Waals surface area contributed by atoms with Crippen molar-refractivity contribution in [2.24, 2.45) is 0 Å². The molecule has 0 aliphatic carbocycles. The maximum atomic E-state index is 11.5. The van der Waals surface area contributed by atoms with Gasteiger partial charge in [0.2, 0.25) is 0 Å². The summed E-state index contributed by atoms with van der Waals surface area (Å²) in [5.74, 6) is 0.463. The van der Waals surface area contributed by atoms with Gasteiger partial charge in [-0.25, -0.2) is 4.68 Å². The molecule has 94 valence electrons. The van der Waals surface area contributed by atoms with Gasteiger partial charge in [0.05, 0.1) is 17.6 Å². The van der Waals surface area contributed by atoms with Crippen LogP contribution in [0.1, 0.15) is 49.3 Å². The third kappa shape index (κ3) is 2.47. The van der Waals surface area contributed by atoms with E-state index >= 15 is 0 Å². The summed E-state index contributed by atoms with van der Waals surface area (Å²) in [6.07, 6.45) is 4.07. The smallest absolute Gasteiger partial charge is 0.180 e. The van der Waals surface area contributed by atoms with E-state index in [0.717, 1.165) is 11.4 Å². The van der Waals surface area contributed by atoms with Crippen LogP contribution in [0.2, 0.25) is 0 Å². The molecule has 0 amide bonds. The summed E-state index contributed by atoms with van der Waals surface area (Å²) in [6, 6.07) is 5.61. The first-order chi connectivity index (χ1) is 8.61. The molecule has 4 heteroatoms. The van der Waals surface area contributed by atoms with E-state index in [0.29, 0.717) is 18.0 Å². The van der Waals surface area contributed by atoms with Crippen molar-refractivity contribution >= 4 is 5.78 Å². The van der Waals surface area contributed by atoms with Crippen molar-refractivity contribution < 1.29 is 4.79 Å². The summed E-state index contributed by atoms with van der Waals surface area (Å²) < 4.78 is 1.78. The van der Waals surface area contributed by atoms with Crippen LogP contribution in [0.5, 0.6) is 0 Å². The molecule has 0 saturated carbocycles. The summed E-state index contributed by atoms with van der Waals surface area (Å²) in [5.41, 5.74) is 2.43. The Hall–Kier alpha value is -1.97. The molecule has 0 fully saturated rings. The highest BCUT2D eigenvalue weighted by molar-refractivity contribution is 5.93. The van der Waals surface area contributed by atoms with Crippen molar-refractivity contribution in [3.8, 4) is 5.69 Å². The van der Waals surface area contributed by atoms with Crippen LogP contribution in [-0.4, -0.2) is 20.5 Å². The van der Waals surface area contributed by atoms with Crippen molar-refractivity contribution in [1.29, 1.82) is 0 Å². The minimum absolute atomic E-state index is 0.0601. The number of rotatable bonds is 4. The fourth-order valence-corrected chi connectivity index (χ4v) is 1.66. The number of carbonyl (C=O) groups excluding carboxylic acids is 1. The Morgan fingerprint density at radius 1 is 1.33 bits per heavy atom. The minimum atomic E-state index is 0.0601. The van der Waals surface area contributed by atoms with Crippen molar-refractivity contribution in [2.45, 2.75) is 33.1 Å². The minimum Gasteiger partial charge on any atom is -0.292 e. The van der Waals surface area contributed by atoms with Crippen LogP contribution in [0.15, 0.2) is 30.6 Å². The second kappa shape index (κ2) is 5.12. The van der Waals surface area contributed by atoms with E-state index in [1.807, 2.05) is 25.3 Å². The molecule has 2 rings (SSSR count). The summed E-state index contributed by atoms with van der Waals surface area (Å²) in [5, 5.41) is 4.47. The van der Waals surface area contributed by atoms with Crippen LogP contribution < -0.4 is 0 Å². The van der Waals surface area contributed by atoms with Gasteiger partial charge < -0.3 is 0 Å². The van der Waals surface area contributed by atoms with Crippen LogP contribution in [0.4, 0.5) is 0 Å². The average molecular weight is 243 g/mol. The summed E-state index contributed by atoms with van der Waals surface area (Å²) in [4.78, 5) is 15.6. The van der Waals surface area contributed by atoms with Crippen LogP contribution in [0.25, 0.3) is 5.69 Å². The number of nitrogens with zero attached hydrogens (tertiary/aromatic N) is 3. The highest BCUT2D eigenvalue weighted by Gasteiger charge is 2.07. The second-order valence-electron chi connectivity index (χ2n) is 4.52. The predicted octanol–water partition coefficient (Wildman–Crippen LogP) is 2.98. The molecule has 2 aromatic rings. The number of hydrogen-bond donors (Lipinski definition) is 0. The summed E-state index contributed by atoms with van der Waals surface area (Å²) in [7, 11) is 0. The Balaban J connectivity index is 2.25. The molecule has 0 atom stereocenters. The van der Waals surface area contributed by atoms with Gasteiger partial charge >= 0.3 is 0 Å². The van der Waals surface area contributed by atoms with E-state index in [9.17, 15) is 4.79 Å². The third-order valence-electron chi connectivity index (χ3n) is 2.82. The van der Waals surface area contributed by atoms with Gasteiger partial charge in [-0.15, -0.1) is 0 Å². The SMILES string of the molecule is CCC(=O)c1ccc(-n2ccc(C(C)C)n2)cn1. The third-order valence-corrected chi connectivity index (χ3v) is 2.82. The van der Waals surface area contributed by atoms with E-state index in [1.54, 1.807) is 16.9 Å². The fourth-order valence-electron chi connectivity index (χ4n) is 1.66. The monoisotopic (exact) mass is 243 g/mol. The Kier molecular flexibility index (Phi) is 3.55. The number of ketones is 1. The first-order valence-electron chi connectivity index (χ1n) is 6.17. The van der Waals surface area contributed by atoms with Crippen LogP contribution in [-0.2, 0) is 0 Å². The Bertz CT molecular complexity index is 540. The topological polar surface area (TPSA) is 47.8 Å². The van der Waals surface area contributed by atoms with Crippen molar-refractivity contribution in [3.05, 3.63) is 42.0 Å². The van der Waals surface area contributed by atoms with Crippen LogP contribution in [0.3, 0.4) is 0 Å². The van der Waals surface area contributed by atoms with E-state index in [1.165, 1.54) is 0 Å². The molecule has 0 aliphatic heterocycles. The second-order valence-corrected chi connectivity index (χ2v) is 4.52. The Morgan fingerprint density at radius 2 is 2.11 bits per heavy atom. The first kappa shape index (κ1) is 12.5. The average Bonchev–Trinajstić information content (AvgIpc) is 2.88. The van der Waals surface area contributed by atoms with Crippen molar-refractivity contribution in [1.82, 2.24) is 14.8 Å². The molecule has 0 unspecified atom stereocenters. The van der Waals surface area contributed by atoms with Gasteiger partial charge in [0.15, 0.2) is 5.78 Å². The Morgan fingerprint density at radius 3 is 2.61 bits per heavy atom. The summed E-state index contributed by atoms with van der Waals surface area (Å²) in [6.45, 7) is 6.04. The fraction of sp³-hybridized carbons (Fsp3) is 0.357. The lowest BCUT2D eigenvalue weighted by atomic mass is 10.1. The van der Waals surface area contributed by atoms with Gasteiger partial charge in [-0.05, 0) is 24.1 Å². The standard InChI is InChI=1S/C14H17N3O/c1-4-14(18)13-6-5-11(9-15-13)17-8-7-12(16-17)10(2)3/h5-10H,4H2,1-3H3. The number of carbonyl (C=O) groups is 1. The molecule has 0 N–H and O–H groups in total. The molecule has 0 saturated heterocycles. The molecule has 0 spiro atoms. The van der Waals surface area contributed by atoms with Crippen molar-refractivity contribution in [2.75, 3.05) is 0 Å². The lowest BCUT2D eigenvalue weighted by Gasteiger charge is -2.03. The van der Waals surface area contributed by atoms with Gasteiger partial charge in [-0.3, -0.25) is 9.78 Å². The van der Waals surface area contributed by atoms with Gasteiger partial charge in [0.1, 0.15) is 5.69 Å². The Labute approximate surface area is 107 Å². The van der Waals surface area contributed by atoms with E-state index in [-0.39, 0.29) is 5.78 Å². The summed E-state index contributed by atoms with van der Waals surface area (Å²) >= 11 is 0. The molecule has 2 heterocycles. The molecular formula is C14H17N3O. The number of pyridine rings is 1. The quantitative estimate of drug-likeness (QED) is 0.775. The van der Waals surface area contributed by atoms with Crippen molar-refractivity contribution in [3.63, 3.8) is 0 Å². The molecule has 2 aromatic heterocycles. The zero-order valence-electron chi connectivity index (χ0n) is 10.9. The largest absolute Gasteiger partial charge is 0.292 e. The predicted molar refractivity (Wildman–Crippen MR) is 70.1 cm³/mol. The molecule has 18 heavy (non-hydrogen) atoms. The maximum absolute atomic E-state index is 11.5. The van der Waals surface area contributed by atoms with Gasteiger partial charge in [0, 0.05) is 12.6 Å². The van der Waals surface area contributed by atoms with Gasteiger partial charge in [-0.2, -0.15) is 5.10 Å². The lowest BCUT2D eigenvalue weighted by Crippen LogP contribution is -2.02. The highest BCUT2D eigenvalue weighted by Crippen LogP contribution is 2.14. The molecular weight excluding hydrogens is 226 g/mol. The van der Waals surface area contributed by atoms with Gasteiger partial charge in [-0.1, -0.05) is 20.8 Å². The molecule has 0 aliphatic rings. The van der Waals surface area contributed by atoms with Crippen LogP contribution in [0, 0.1) is 0 Å². The molecule has 0 radical (unpaired) electrons. The number of hydrogen-bond acceptors (Lipinski definition) is 3. The maximum Gasteiger partial charge on any atom is 0.180 e. The van der Waals surface area contributed by atoms with E-state index < -0.39 is 0 Å². The normalized spacial score (nSPS) is 10.9. The zero-order valence-corrected chi connectivity index (χ0v) is 10.9. The number of Topliss-reactive ketones (excluding diaryl/α,β-unsaturated/α-hetero) is 1. The molecule has 4 nitrogen and oxygen atoms in total. The van der Waals surface area contributed by atoms with Gasteiger partial charge in [0.25, 0.3) is 0 Å². The van der Waals surface area contributed by atoms with E-state index in [4.69, 9.17) is 0 Å². The zero-order chi connectivity index (χ0) is 13.1. The number of aromatic nitrogens is 3.